The van der Waals surface area contributed by atoms with Gasteiger partial charge in [-0.2, -0.15) is 0 Å². The third-order valence-corrected chi connectivity index (χ3v) is 2.09. The number of hydrogen-bond acceptors (Lipinski definition) is 0. The summed E-state index contributed by atoms with van der Waals surface area (Å²) in [5, 5.41) is 0. The van der Waals surface area contributed by atoms with E-state index in [0.717, 1.165) is 0 Å². The molecule has 0 amide bonds. The van der Waals surface area contributed by atoms with E-state index in [-0.39, 0.29) is 66.7 Å². The molecule has 0 bridgehead atoms. The molecule has 0 N–H and O–H groups in total. The summed E-state index contributed by atoms with van der Waals surface area (Å²) in [6.45, 7) is 3.41. The van der Waals surface area contributed by atoms with Gasteiger partial charge in [0.1, 0.15) is 12.4 Å². The van der Waals surface area contributed by atoms with E-state index in [2.05, 4.69) is 41.8 Å². The maximum absolute atomic E-state index is 2.25. The molecule has 0 atom stereocenters. The van der Waals surface area contributed by atoms with E-state index in [1.54, 1.807) is 0 Å². The van der Waals surface area contributed by atoms with Crippen LogP contribution in [0, 0.1) is 0 Å². The van der Waals surface area contributed by atoms with E-state index in [4.69, 9.17) is 0 Å². The van der Waals surface area contributed by atoms with Crippen LogP contribution in [0.25, 0.3) is 0 Å². The van der Waals surface area contributed by atoms with Crippen LogP contribution < -0.4 is 4.57 Å². The van der Waals surface area contributed by atoms with Gasteiger partial charge in [-0.05, 0) is 12.8 Å². The molecule has 0 aliphatic heterocycles. The molecule has 0 spiro atoms. The molecule has 0 unspecified atom stereocenters. The van der Waals surface area contributed by atoms with Gasteiger partial charge in [0.15, 0.2) is 0 Å². The minimum Gasteiger partial charge on any atom is -0.240 e. The Hall–Kier alpha value is 0.889. The number of halogens is 4. The third-order valence-electron chi connectivity index (χ3n) is 2.09. The molecule has 0 aliphatic carbocycles. The average molecular weight is 369 g/mol. The Morgan fingerprint density at radius 3 is 2.00 bits per heavy atom. The molecular formula is C10H23Cl4FeN2+. The van der Waals surface area contributed by atoms with Crippen molar-refractivity contribution in [3.63, 3.8) is 0 Å². The van der Waals surface area contributed by atoms with Gasteiger partial charge in [0.25, 0.3) is 0 Å². The molecule has 17 heavy (non-hydrogen) atoms. The molecule has 1 heterocycles. The Kier molecular flexibility index (Phi) is 34.8. The molecule has 0 aliphatic rings. The van der Waals surface area contributed by atoms with E-state index < -0.39 is 0 Å². The maximum atomic E-state index is 2.25. The fraction of sp³-hybridized carbons (Fsp3) is 0.700. The summed E-state index contributed by atoms with van der Waals surface area (Å²) in [4.78, 5) is 0. The number of unbranched alkanes of at least 4 members (excludes halogenated alkanes) is 3. The Labute approximate surface area is 140 Å². The fourth-order valence-electron chi connectivity index (χ4n) is 1.36. The van der Waals surface area contributed by atoms with Crippen LogP contribution in [-0.4, -0.2) is 4.57 Å². The van der Waals surface area contributed by atoms with Gasteiger partial charge >= 0.3 is 0 Å². The zero-order valence-electron chi connectivity index (χ0n) is 10.1. The number of hydrogen-bond donors (Lipinski definition) is 0. The zero-order chi connectivity index (χ0) is 8.81. The SMILES string of the molecule is CCCCCC[n+]1ccn(C)c1.Cl.Cl.Cl.Cl.[Fe]. The summed E-state index contributed by atoms with van der Waals surface area (Å²) in [5.41, 5.74) is 0. The molecule has 0 saturated carbocycles. The van der Waals surface area contributed by atoms with Crippen molar-refractivity contribution in [1.82, 2.24) is 4.57 Å². The summed E-state index contributed by atoms with van der Waals surface area (Å²) in [6.07, 6.45) is 11.7. The minimum absolute atomic E-state index is 0. The van der Waals surface area contributed by atoms with Gasteiger partial charge in [-0.25, -0.2) is 9.13 Å². The standard InChI is InChI=1S/C10H19N2.4ClH.Fe/c1-3-4-5-6-7-12-9-8-11(2)10-12;;;;;/h8-10H,3-7H2,1-2H3;4*1H;/q+1;;;;;. The van der Waals surface area contributed by atoms with Crippen molar-refractivity contribution < 1.29 is 21.6 Å². The summed E-state index contributed by atoms with van der Waals surface area (Å²) >= 11 is 0. The van der Waals surface area contributed by atoms with Crippen LogP contribution in [-0.2, 0) is 30.7 Å². The monoisotopic (exact) mass is 367 g/mol. The van der Waals surface area contributed by atoms with Crippen LogP contribution in [0.2, 0.25) is 0 Å². The molecule has 1 aromatic rings. The number of nitrogens with zero attached hydrogens (tertiary/aromatic N) is 2. The van der Waals surface area contributed by atoms with Gasteiger partial charge in [-0.15, -0.1) is 49.6 Å². The first-order valence-electron chi connectivity index (χ1n) is 4.84. The Bertz CT molecular complexity index is 234. The van der Waals surface area contributed by atoms with E-state index >= 15 is 0 Å². The van der Waals surface area contributed by atoms with Crippen molar-refractivity contribution in [2.24, 2.45) is 7.05 Å². The zero-order valence-corrected chi connectivity index (χ0v) is 14.5. The molecule has 108 valence electrons. The van der Waals surface area contributed by atoms with Crippen molar-refractivity contribution in [1.29, 1.82) is 0 Å². The molecule has 0 fully saturated rings. The predicted octanol–water partition coefficient (Wildman–Crippen LogP) is 3.58. The molecule has 1 aromatic heterocycles. The Morgan fingerprint density at radius 2 is 1.59 bits per heavy atom. The van der Waals surface area contributed by atoms with Gasteiger partial charge in [-0.1, -0.05) is 19.8 Å². The number of rotatable bonds is 5. The average Bonchev–Trinajstić information content (AvgIpc) is 2.45. The molecular weight excluding hydrogens is 346 g/mol. The van der Waals surface area contributed by atoms with E-state index in [9.17, 15) is 0 Å². The van der Waals surface area contributed by atoms with Crippen molar-refractivity contribution in [3.8, 4) is 0 Å². The van der Waals surface area contributed by atoms with Gasteiger partial charge in [0.2, 0.25) is 6.33 Å². The van der Waals surface area contributed by atoms with Crippen LogP contribution in [0.5, 0.6) is 0 Å². The van der Waals surface area contributed by atoms with Crippen LogP contribution >= 0.6 is 49.6 Å². The smallest absolute Gasteiger partial charge is 0.240 e. The predicted molar refractivity (Wildman–Crippen MR) is 78.7 cm³/mol. The van der Waals surface area contributed by atoms with Crippen molar-refractivity contribution in [2.45, 2.75) is 39.2 Å². The van der Waals surface area contributed by atoms with Gasteiger partial charge in [0.05, 0.1) is 13.6 Å². The molecule has 0 radical (unpaired) electrons. The van der Waals surface area contributed by atoms with Crippen molar-refractivity contribution in [2.75, 3.05) is 0 Å². The molecule has 2 nitrogen and oxygen atoms in total. The van der Waals surface area contributed by atoms with Crippen molar-refractivity contribution >= 4 is 49.6 Å². The largest absolute Gasteiger partial charge is 0.243 e. The molecule has 0 saturated heterocycles. The van der Waals surface area contributed by atoms with Crippen LogP contribution in [0.3, 0.4) is 0 Å². The Morgan fingerprint density at radius 1 is 1.00 bits per heavy atom. The van der Waals surface area contributed by atoms with Crippen molar-refractivity contribution in [3.05, 3.63) is 18.7 Å². The summed E-state index contributed by atoms with van der Waals surface area (Å²) in [7, 11) is 2.06. The first-order chi connectivity index (χ1) is 5.83. The normalized spacial score (nSPS) is 7.41. The van der Waals surface area contributed by atoms with E-state index in [1.165, 1.54) is 32.2 Å². The quantitative estimate of drug-likeness (QED) is 0.427. The molecule has 0 aromatic carbocycles. The number of imidazole rings is 1. The molecule has 1 rings (SSSR count). The fourth-order valence-corrected chi connectivity index (χ4v) is 1.36. The number of aromatic nitrogens is 2. The van der Waals surface area contributed by atoms with E-state index in [1.807, 2.05) is 0 Å². The first kappa shape index (κ1) is 30.7. The third kappa shape index (κ3) is 14.8. The van der Waals surface area contributed by atoms with Gasteiger partial charge in [0, 0.05) is 17.1 Å². The second kappa shape index (κ2) is 19.2. The number of aryl methyl sites for hydroxylation is 2. The maximum Gasteiger partial charge on any atom is 0.243 e. The van der Waals surface area contributed by atoms with Gasteiger partial charge in [-0.3, -0.25) is 0 Å². The first-order valence-corrected chi connectivity index (χ1v) is 4.84. The van der Waals surface area contributed by atoms with Crippen LogP contribution in [0.4, 0.5) is 0 Å². The summed E-state index contributed by atoms with van der Waals surface area (Å²) in [6, 6.07) is 0. The van der Waals surface area contributed by atoms with Crippen LogP contribution in [0.1, 0.15) is 32.6 Å². The van der Waals surface area contributed by atoms with E-state index in [0.29, 0.717) is 0 Å². The second-order valence-corrected chi connectivity index (χ2v) is 3.38. The summed E-state index contributed by atoms with van der Waals surface area (Å²) in [5.74, 6) is 0. The van der Waals surface area contributed by atoms with Gasteiger partial charge < -0.3 is 0 Å². The minimum atomic E-state index is 0. The molecule has 7 heteroatoms. The second-order valence-electron chi connectivity index (χ2n) is 3.38. The topological polar surface area (TPSA) is 8.81 Å². The van der Waals surface area contributed by atoms with Crippen LogP contribution in [0.15, 0.2) is 18.7 Å². The Balaban J connectivity index is -0.0000000960. The summed E-state index contributed by atoms with van der Waals surface area (Å²) < 4.78 is 4.33.